The summed E-state index contributed by atoms with van der Waals surface area (Å²) in [6, 6.07) is 8.77. The second-order valence-corrected chi connectivity index (χ2v) is 8.08. The van der Waals surface area contributed by atoms with Crippen LogP contribution in [0.15, 0.2) is 24.3 Å². The molecular weight excluding hydrogens is 298 g/mol. The molecule has 1 unspecified atom stereocenters. The van der Waals surface area contributed by atoms with E-state index >= 15 is 0 Å². The normalized spacial score (nSPS) is 33.9. The van der Waals surface area contributed by atoms with Gasteiger partial charge >= 0.3 is 0 Å². The zero-order valence-corrected chi connectivity index (χ0v) is 14.7. The van der Waals surface area contributed by atoms with E-state index in [9.17, 15) is 4.79 Å². The highest BCUT2D eigenvalue weighted by Crippen LogP contribution is 2.46. The van der Waals surface area contributed by atoms with E-state index in [2.05, 4.69) is 23.1 Å². The molecular formula is C20H29N3O. The molecule has 2 aliphatic heterocycles. The van der Waals surface area contributed by atoms with E-state index in [1.165, 1.54) is 18.4 Å². The van der Waals surface area contributed by atoms with Gasteiger partial charge in [-0.1, -0.05) is 18.2 Å². The number of rotatable bonds is 2. The van der Waals surface area contributed by atoms with E-state index < -0.39 is 0 Å². The summed E-state index contributed by atoms with van der Waals surface area (Å²) in [5.74, 6) is 1.04. The van der Waals surface area contributed by atoms with Crippen molar-refractivity contribution in [3.8, 4) is 0 Å². The lowest BCUT2D eigenvalue weighted by Gasteiger charge is -2.41. The highest BCUT2D eigenvalue weighted by atomic mass is 16.2. The summed E-state index contributed by atoms with van der Waals surface area (Å²) in [5.41, 5.74) is 8.08. The SMILES string of the molecule is CN1C(=O)C2(CCCN(CC3CCC(N)CC3)C2)c2ccccc21. The number of nitrogens with two attached hydrogens (primary N) is 1. The van der Waals surface area contributed by atoms with Gasteiger partial charge < -0.3 is 15.5 Å². The fourth-order valence-corrected chi connectivity index (χ4v) is 5.15. The van der Waals surface area contributed by atoms with Gasteiger partial charge in [-0.05, 0) is 62.6 Å². The highest BCUT2D eigenvalue weighted by molar-refractivity contribution is 6.08. The van der Waals surface area contributed by atoms with Gasteiger partial charge in [-0.25, -0.2) is 0 Å². The van der Waals surface area contributed by atoms with Crippen LogP contribution < -0.4 is 10.6 Å². The second kappa shape index (κ2) is 6.16. The van der Waals surface area contributed by atoms with Crippen molar-refractivity contribution in [2.45, 2.75) is 50.0 Å². The molecule has 1 spiro atoms. The van der Waals surface area contributed by atoms with Crippen molar-refractivity contribution in [3.63, 3.8) is 0 Å². The van der Waals surface area contributed by atoms with E-state index in [4.69, 9.17) is 5.73 Å². The minimum absolute atomic E-state index is 0.291. The summed E-state index contributed by atoms with van der Waals surface area (Å²) >= 11 is 0. The molecule has 1 aromatic carbocycles. The van der Waals surface area contributed by atoms with Gasteiger partial charge in [0.05, 0.1) is 5.41 Å². The molecule has 0 bridgehead atoms. The fourth-order valence-electron chi connectivity index (χ4n) is 5.15. The summed E-state index contributed by atoms with van der Waals surface area (Å²) in [6.45, 7) is 3.15. The van der Waals surface area contributed by atoms with E-state index in [1.807, 2.05) is 18.0 Å². The van der Waals surface area contributed by atoms with Gasteiger partial charge in [0.25, 0.3) is 0 Å². The molecule has 1 saturated carbocycles. The minimum atomic E-state index is -0.311. The van der Waals surface area contributed by atoms with Crippen LogP contribution >= 0.6 is 0 Å². The molecule has 1 saturated heterocycles. The number of piperidine rings is 1. The molecule has 130 valence electrons. The minimum Gasteiger partial charge on any atom is -0.328 e. The molecule has 2 fully saturated rings. The van der Waals surface area contributed by atoms with Crippen molar-refractivity contribution < 1.29 is 4.79 Å². The summed E-state index contributed by atoms with van der Waals surface area (Å²) < 4.78 is 0. The number of carbonyl (C=O) groups excluding carboxylic acids is 1. The Kier molecular flexibility index (Phi) is 4.13. The zero-order chi connectivity index (χ0) is 16.7. The zero-order valence-electron chi connectivity index (χ0n) is 14.7. The number of hydrogen-bond donors (Lipinski definition) is 1. The first kappa shape index (κ1) is 16.1. The molecule has 0 aromatic heterocycles. The van der Waals surface area contributed by atoms with Crippen LogP contribution in [0, 0.1) is 5.92 Å². The molecule has 1 amide bonds. The number of benzene rings is 1. The molecule has 2 N–H and O–H groups in total. The Morgan fingerprint density at radius 1 is 1.21 bits per heavy atom. The third-order valence-corrected chi connectivity index (χ3v) is 6.47. The average Bonchev–Trinajstić information content (AvgIpc) is 2.80. The van der Waals surface area contributed by atoms with Crippen LogP contribution in [0.3, 0.4) is 0 Å². The second-order valence-electron chi connectivity index (χ2n) is 8.08. The Morgan fingerprint density at radius 3 is 2.75 bits per heavy atom. The van der Waals surface area contributed by atoms with Crippen LogP contribution in [0.4, 0.5) is 5.69 Å². The summed E-state index contributed by atoms with van der Waals surface area (Å²) in [5, 5.41) is 0. The topological polar surface area (TPSA) is 49.6 Å². The van der Waals surface area contributed by atoms with E-state index in [-0.39, 0.29) is 5.41 Å². The summed E-state index contributed by atoms with van der Waals surface area (Å²) in [4.78, 5) is 17.5. The standard InChI is InChI=1S/C20H29N3O/c1-22-18-6-3-2-5-17(18)20(19(22)24)11-4-12-23(14-20)13-15-7-9-16(21)10-8-15/h2-3,5-6,15-16H,4,7-14,21H2,1H3. The monoisotopic (exact) mass is 327 g/mol. The lowest BCUT2D eigenvalue weighted by atomic mass is 9.74. The Morgan fingerprint density at radius 2 is 1.96 bits per heavy atom. The molecule has 4 heteroatoms. The lowest BCUT2D eigenvalue weighted by Crippen LogP contribution is -2.52. The van der Waals surface area contributed by atoms with Gasteiger partial charge in [0.1, 0.15) is 0 Å². The van der Waals surface area contributed by atoms with Gasteiger partial charge in [0, 0.05) is 31.9 Å². The first-order valence-electron chi connectivity index (χ1n) is 9.46. The van der Waals surface area contributed by atoms with Gasteiger partial charge in [0.2, 0.25) is 5.91 Å². The molecule has 4 nitrogen and oxygen atoms in total. The maximum atomic E-state index is 13.1. The number of nitrogens with zero attached hydrogens (tertiary/aromatic N) is 2. The number of likely N-dealkylation sites (tertiary alicyclic amines) is 1. The first-order chi connectivity index (χ1) is 11.6. The predicted molar refractivity (Wildman–Crippen MR) is 97.1 cm³/mol. The maximum absolute atomic E-state index is 13.1. The van der Waals surface area contributed by atoms with Crippen molar-refractivity contribution in [1.29, 1.82) is 0 Å². The summed E-state index contributed by atoms with van der Waals surface area (Å²) in [7, 11) is 1.93. The van der Waals surface area contributed by atoms with Crippen molar-refractivity contribution in [2.75, 3.05) is 31.6 Å². The number of para-hydroxylation sites is 1. The van der Waals surface area contributed by atoms with Crippen molar-refractivity contribution in [2.24, 2.45) is 11.7 Å². The van der Waals surface area contributed by atoms with Crippen LogP contribution in [-0.4, -0.2) is 43.5 Å². The Labute approximate surface area is 145 Å². The Balaban J connectivity index is 1.53. The third-order valence-electron chi connectivity index (χ3n) is 6.47. The molecule has 24 heavy (non-hydrogen) atoms. The van der Waals surface area contributed by atoms with Crippen molar-refractivity contribution in [1.82, 2.24) is 4.90 Å². The fraction of sp³-hybridized carbons (Fsp3) is 0.650. The van der Waals surface area contributed by atoms with Crippen molar-refractivity contribution >= 4 is 11.6 Å². The molecule has 1 aromatic rings. The molecule has 3 aliphatic rings. The molecule has 4 rings (SSSR count). The Hall–Kier alpha value is -1.39. The maximum Gasteiger partial charge on any atom is 0.238 e. The van der Waals surface area contributed by atoms with Gasteiger partial charge in [-0.15, -0.1) is 0 Å². The Bertz CT molecular complexity index is 623. The smallest absolute Gasteiger partial charge is 0.238 e. The van der Waals surface area contributed by atoms with Crippen LogP contribution in [0.1, 0.15) is 44.1 Å². The number of hydrogen-bond acceptors (Lipinski definition) is 3. The molecule has 0 radical (unpaired) electrons. The number of fused-ring (bicyclic) bond motifs is 2. The van der Waals surface area contributed by atoms with E-state index in [0.717, 1.165) is 56.9 Å². The van der Waals surface area contributed by atoms with Crippen LogP contribution in [0.5, 0.6) is 0 Å². The van der Waals surface area contributed by atoms with E-state index in [0.29, 0.717) is 11.9 Å². The van der Waals surface area contributed by atoms with Gasteiger partial charge in [-0.2, -0.15) is 0 Å². The van der Waals surface area contributed by atoms with Crippen LogP contribution in [-0.2, 0) is 10.2 Å². The number of carbonyl (C=O) groups is 1. The summed E-state index contributed by atoms with van der Waals surface area (Å²) in [6.07, 6.45) is 6.91. The molecule has 1 aliphatic carbocycles. The van der Waals surface area contributed by atoms with Gasteiger partial charge in [0.15, 0.2) is 0 Å². The number of likely N-dealkylation sites (N-methyl/N-ethyl adjacent to an activating group) is 1. The van der Waals surface area contributed by atoms with Crippen LogP contribution in [0.2, 0.25) is 0 Å². The van der Waals surface area contributed by atoms with Gasteiger partial charge in [-0.3, -0.25) is 4.79 Å². The van der Waals surface area contributed by atoms with E-state index in [1.54, 1.807) is 0 Å². The predicted octanol–water partition coefficient (Wildman–Crippen LogP) is 2.51. The quantitative estimate of drug-likeness (QED) is 0.908. The third kappa shape index (κ3) is 2.56. The van der Waals surface area contributed by atoms with Crippen molar-refractivity contribution in [3.05, 3.63) is 29.8 Å². The molecule has 1 atom stereocenters. The average molecular weight is 327 g/mol. The molecule has 2 heterocycles. The highest BCUT2D eigenvalue weighted by Gasteiger charge is 2.51. The first-order valence-corrected chi connectivity index (χ1v) is 9.46. The largest absolute Gasteiger partial charge is 0.328 e. The lowest BCUT2D eigenvalue weighted by molar-refractivity contribution is -0.125. The van der Waals surface area contributed by atoms with Crippen LogP contribution in [0.25, 0.3) is 0 Å². The number of anilines is 1. The number of amides is 1.